The van der Waals surface area contributed by atoms with Crippen LogP contribution in [0.2, 0.25) is 0 Å². The van der Waals surface area contributed by atoms with Crippen LogP contribution < -0.4 is 5.32 Å². The van der Waals surface area contributed by atoms with Crippen LogP contribution in [0, 0.1) is 5.92 Å². The lowest BCUT2D eigenvalue weighted by molar-refractivity contribution is 0.300. The molecule has 1 heterocycles. The van der Waals surface area contributed by atoms with Crippen molar-refractivity contribution in [1.82, 2.24) is 5.32 Å². The molecule has 2 fully saturated rings. The van der Waals surface area contributed by atoms with Crippen LogP contribution in [0.25, 0.3) is 0 Å². The first-order valence-electron chi connectivity index (χ1n) is 5.80. The van der Waals surface area contributed by atoms with E-state index in [9.17, 15) is 4.21 Å². The molecule has 0 spiro atoms. The molecule has 3 heteroatoms. The number of hydrogen-bond acceptors (Lipinski definition) is 2. The van der Waals surface area contributed by atoms with Gasteiger partial charge in [0.1, 0.15) is 0 Å². The van der Waals surface area contributed by atoms with Crippen LogP contribution in [-0.2, 0) is 10.8 Å². The molecule has 0 aromatic heterocycles. The van der Waals surface area contributed by atoms with Crippen LogP contribution in [-0.4, -0.2) is 27.3 Å². The van der Waals surface area contributed by atoms with Crippen molar-refractivity contribution in [3.63, 3.8) is 0 Å². The molecule has 1 N–H and O–H groups in total. The Labute approximate surface area is 89.3 Å². The SMILES string of the molecule is CC1CCC2NC(C)CCS(=O)C2C1. The summed E-state index contributed by atoms with van der Waals surface area (Å²) in [5, 5.41) is 4.07. The van der Waals surface area contributed by atoms with Crippen LogP contribution in [0.1, 0.15) is 39.5 Å². The van der Waals surface area contributed by atoms with E-state index in [1.165, 1.54) is 12.8 Å². The third kappa shape index (κ3) is 2.19. The zero-order valence-electron chi connectivity index (χ0n) is 9.16. The molecule has 1 aliphatic heterocycles. The number of nitrogens with one attached hydrogen (secondary N) is 1. The van der Waals surface area contributed by atoms with Gasteiger partial charge in [0.25, 0.3) is 0 Å². The highest BCUT2D eigenvalue weighted by atomic mass is 32.2. The number of rotatable bonds is 0. The van der Waals surface area contributed by atoms with Crippen LogP contribution in [0.5, 0.6) is 0 Å². The van der Waals surface area contributed by atoms with E-state index in [1.807, 2.05) is 0 Å². The summed E-state index contributed by atoms with van der Waals surface area (Å²) in [6.45, 7) is 4.51. The van der Waals surface area contributed by atoms with Gasteiger partial charge in [0.15, 0.2) is 0 Å². The first kappa shape index (κ1) is 10.6. The largest absolute Gasteiger partial charge is 0.310 e. The van der Waals surface area contributed by atoms with Crippen molar-refractivity contribution in [3.8, 4) is 0 Å². The van der Waals surface area contributed by atoms with Crippen molar-refractivity contribution in [3.05, 3.63) is 0 Å². The average Bonchev–Trinajstić information content (AvgIpc) is 2.29. The zero-order chi connectivity index (χ0) is 10.1. The minimum atomic E-state index is -0.578. The van der Waals surface area contributed by atoms with Crippen LogP contribution >= 0.6 is 0 Å². The Kier molecular flexibility index (Phi) is 3.27. The molecule has 5 unspecified atom stereocenters. The van der Waals surface area contributed by atoms with E-state index in [0.717, 1.165) is 24.5 Å². The maximum absolute atomic E-state index is 12.0. The summed E-state index contributed by atoms with van der Waals surface area (Å²) >= 11 is 0. The van der Waals surface area contributed by atoms with E-state index in [2.05, 4.69) is 19.2 Å². The van der Waals surface area contributed by atoms with Crippen molar-refractivity contribution >= 4 is 10.8 Å². The number of hydrogen-bond donors (Lipinski definition) is 1. The first-order chi connectivity index (χ1) is 6.66. The maximum atomic E-state index is 12.0. The second kappa shape index (κ2) is 4.31. The zero-order valence-corrected chi connectivity index (χ0v) is 9.98. The van der Waals surface area contributed by atoms with Gasteiger partial charge in [-0.3, -0.25) is 4.21 Å². The lowest BCUT2D eigenvalue weighted by Crippen LogP contribution is -2.46. The fourth-order valence-electron chi connectivity index (χ4n) is 2.70. The molecular weight excluding hydrogens is 194 g/mol. The topological polar surface area (TPSA) is 29.1 Å². The van der Waals surface area contributed by atoms with Crippen LogP contribution in [0.3, 0.4) is 0 Å². The molecule has 2 rings (SSSR count). The van der Waals surface area contributed by atoms with E-state index >= 15 is 0 Å². The van der Waals surface area contributed by atoms with Gasteiger partial charge in [0.2, 0.25) is 0 Å². The van der Waals surface area contributed by atoms with Gasteiger partial charge in [-0.1, -0.05) is 6.92 Å². The Bertz CT molecular complexity index is 231. The third-order valence-electron chi connectivity index (χ3n) is 3.64. The quantitative estimate of drug-likeness (QED) is 0.666. The highest BCUT2D eigenvalue weighted by Gasteiger charge is 2.35. The lowest BCUT2D eigenvalue weighted by atomic mass is 9.86. The van der Waals surface area contributed by atoms with E-state index in [0.29, 0.717) is 17.3 Å². The molecule has 2 aliphatic rings. The highest BCUT2D eigenvalue weighted by molar-refractivity contribution is 7.85. The molecule has 1 saturated carbocycles. The highest BCUT2D eigenvalue weighted by Crippen LogP contribution is 2.29. The van der Waals surface area contributed by atoms with Crippen molar-refractivity contribution in [2.75, 3.05) is 5.75 Å². The molecule has 0 radical (unpaired) electrons. The predicted molar refractivity (Wildman–Crippen MR) is 60.8 cm³/mol. The lowest BCUT2D eigenvalue weighted by Gasteiger charge is -2.34. The van der Waals surface area contributed by atoms with Gasteiger partial charge in [-0.25, -0.2) is 0 Å². The second-order valence-electron chi connectivity index (χ2n) is 5.00. The average molecular weight is 215 g/mol. The summed E-state index contributed by atoms with van der Waals surface area (Å²) in [5.41, 5.74) is 0. The molecule has 0 amide bonds. The summed E-state index contributed by atoms with van der Waals surface area (Å²) in [5.74, 6) is 1.68. The van der Waals surface area contributed by atoms with Crippen LogP contribution in [0.15, 0.2) is 0 Å². The minimum Gasteiger partial charge on any atom is -0.310 e. The smallest absolute Gasteiger partial charge is 0.0503 e. The molecule has 1 aliphatic carbocycles. The summed E-state index contributed by atoms with van der Waals surface area (Å²) < 4.78 is 12.0. The fraction of sp³-hybridized carbons (Fsp3) is 1.00. The van der Waals surface area contributed by atoms with Gasteiger partial charge in [-0.05, 0) is 38.5 Å². The summed E-state index contributed by atoms with van der Waals surface area (Å²) in [7, 11) is -0.578. The first-order valence-corrected chi connectivity index (χ1v) is 7.18. The molecule has 5 atom stereocenters. The molecule has 0 bridgehead atoms. The van der Waals surface area contributed by atoms with Gasteiger partial charge >= 0.3 is 0 Å². The van der Waals surface area contributed by atoms with Crippen LogP contribution in [0.4, 0.5) is 0 Å². The van der Waals surface area contributed by atoms with E-state index in [-0.39, 0.29) is 0 Å². The molecule has 14 heavy (non-hydrogen) atoms. The molecule has 82 valence electrons. The Hall–Kier alpha value is 0.110. The van der Waals surface area contributed by atoms with E-state index in [1.54, 1.807) is 0 Å². The summed E-state index contributed by atoms with van der Waals surface area (Å²) in [6, 6.07) is 1.09. The molecule has 2 nitrogen and oxygen atoms in total. The van der Waals surface area contributed by atoms with Gasteiger partial charge in [-0.15, -0.1) is 0 Å². The van der Waals surface area contributed by atoms with Crippen molar-refractivity contribution in [1.29, 1.82) is 0 Å². The Morgan fingerprint density at radius 2 is 2.00 bits per heavy atom. The maximum Gasteiger partial charge on any atom is 0.0503 e. The summed E-state index contributed by atoms with van der Waals surface area (Å²) in [6.07, 6.45) is 4.77. The predicted octanol–water partition coefficient (Wildman–Crippen LogP) is 1.67. The van der Waals surface area contributed by atoms with E-state index < -0.39 is 10.8 Å². The van der Waals surface area contributed by atoms with Crippen molar-refractivity contribution < 1.29 is 4.21 Å². The molecular formula is C11H21NOS. The molecule has 1 saturated heterocycles. The van der Waals surface area contributed by atoms with Crippen molar-refractivity contribution in [2.45, 2.75) is 56.9 Å². The number of fused-ring (bicyclic) bond motifs is 1. The van der Waals surface area contributed by atoms with E-state index in [4.69, 9.17) is 0 Å². The normalized spacial score (nSPS) is 49.4. The monoisotopic (exact) mass is 215 g/mol. The van der Waals surface area contributed by atoms with Gasteiger partial charge in [-0.2, -0.15) is 0 Å². The van der Waals surface area contributed by atoms with Crippen molar-refractivity contribution in [2.24, 2.45) is 5.92 Å². The summed E-state index contributed by atoms with van der Waals surface area (Å²) in [4.78, 5) is 0. The minimum absolute atomic E-state index is 0.434. The van der Waals surface area contributed by atoms with Gasteiger partial charge in [0, 0.05) is 28.6 Å². The van der Waals surface area contributed by atoms with Gasteiger partial charge < -0.3 is 5.32 Å². The Morgan fingerprint density at radius 1 is 1.21 bits per heavy atom. The Balaban J connectivity index is 2.09. The Morgan fingerprint density at radius 3 is 2.79 bits per heavy atom. The molecule has 0 aromatic carbocycles. The second-order valence-corrected chi connectivity index (χ2v) is 6.78. The molecule has 0 aromatic rings. The third-order valence-corrected chi connectivity index (χ3v) is 5.48. The standard InChI is InChI=1S/C11H21NOS/c1-8-3-4-10-11(7-8)14(13)6-5-9(2)12-10/h8-12H,3-7H2,1-2H3. The fourth-order valence-corrected chi connectivity index (χ4v) is 4.72. The van der Waals surface area contributed by atoms with Gasteiger partial charge in [0.05, 0.1) is 5.25 Å².